The van der Waals surface area contributed by atoms with Crippen LogP contribution in [0.3, 0.4) is 0 Å². The predicted octanol–water partition coefficient (Wildman–Crippen LogP) is 5.08. The predicted molar refractivity (Wildman–Crippen MR) is 105 cm³/mol. The summed E-state index contributed by atoms with van der Waals surface area (Å²) >= 11 is 6.18. The number of H-pyrrole nitrogens is 1. The molecule has 1 heterocycles. The highest BCUT2D eigenvalue weighted by Gasteiger charge is 2.21. The summed E-state index contributed by atoms with van der Waals surface area (Å²) in [5, 5.41) is 1.13. The SMILES string of the molecule is O=C(c1ccccc1)c1c(-c2ccccc2)c(=O)[nH]c2ccc(Cl)cc12. The number of nitrogens with one attached hydrogen (secondary N) is 1. The maximum absolute atomic E-state index is 13.3. The molecule has 0 saturated carbocycles. The molecule has 0 aliphatic rings. The lowest BCUT2D eigenvalue weighted by molar-refractivity contribution is 0.104. The molecule has 1 N–H and O–H groups in total. The van der Waals surface area contributed by atoms with Gasteiger partial charge in [0, 0.05) is 27.1 Å². The Bertz CT molecular complexity index is 1170. The maximum Gasteiger partial charge on any atom is 0.257 e. The minimum Gasteiger partial charge on any atom is -0.321 e. The molecule has 0 saturated heterocycles. The summed E-state index contributed by atoms with van der Waals surface area (Å²) in [6.45, 7) is 0. The van der Waals surface area contributed by atoms with E-state index in [1.165, 1.54) is 0 Å². The molecule has 126 valence electrons. The lowest BCUT2D eigenvalue weighted by Gasteiger charge is -2.12. The van der Waals surface area contributed by atoms with Gasteiger partial charge in [-0.1, -0.05) is 72.3 Å². The van der Waals surface area contributed by atoms with Gasteiger partial charge in [-0.25, -0.2) is 0 Å². The molecule has 3 nitrogen and oxygen atoms in total. The van der Waals surface area contributed by atoms with Crippen LogP contribution in [0.1, 0.15) is 15.9 Å². The van der Waals surface area contributed by atoms with Crippen LogP contribution in [0, 0.1) is 0 Å². The zero-order valence-electron chi connectivity index (χ0n) is 13.7. The Kier molecular flexibility index (Phi) is 4.15. The molecule has 0 radical (unpaired) electrons. The van der Waals surface area contributed by atoms with Crippen LogP contribution >= 0.6 is 11.6 Å². The largest absolute Gasteiger partial charge is 0.321 e. The van der Waals surface area contributed by atoms with Gasteiger partial charge in [0.1, 0.15) is 0 Å². The first-order valence-corrected chi connectivity index (χ1v) is 8.53. The summed E-state index contributed by atoms with van der Waals surface area (Å²) in [6.07, 6.45) is 0. The van der Waals surface area contributed by atoms with Crippen molar-refractivity contribution in [3.8, 4) is 11.1 Å². The van der Waals surface area contributed by atoms with Crippen molar-refractivity contribution in [1.82, 2.24) is 4.98 Å². The fourth-order valence-electron chi connectivity index (χ4n) is 3.12. The fraction of sp³-hybridized carbons (Fsp3) is 0. The van der Waals surface area contributed by atoms with Crippen LogP contribution in [-0.4, -0.2) is 10.8 Å². The Morgan fingerprint density at radius 2 is 1.50 bits per heavy atom. The van der Waals surface area contributed by atoms with E-state index < -0.39 is 0 Å². The number of aromatic nitrogens is 1. The first-order chi connectivity index (χ1) is 12.6. The van der Waals surface area contributed by atoms with Crippen LogP contribution < -0.4 is 5.56 Å². The second-order valence-electron chi connectivity index (χ2n) is 5.96. The molecule has 3 aromatic carbocycles. The summed E-state index contributed by atoms with van der Waals surface area (Å²) in [5.41, 5.74) is 2.22. The van der Waals surface area contributed by atoms with Crippen LogP contribution in [0.2, 0.25) is 5.02 Å². The number of halogens is 1. The molecule has 0 amide bonds. The summed E-state index contributed by atoms with van der Waals surface area (Å²) < 4.78 is 0. The quantitative estimate of drug-likeness (QED) is 0.518. The second-order valence-corrected chi connectivity index (χ2v) is 6.39. The molecule has 0 bridgehead atoms. The average Bonchev–Trinajstić information content (AvgIpc) is 2.68. The van der Waals surface area contributed by atoms with E-state index in [1.807, 2.05) is 36.4 Å². The first kappa shape index (κ1) is 16.3. The van der Waals surface area contributed by atoms with Gasteiger partial charge in [0.2, 0.25) is 0 Å². The van der Waals surface area contributed by atoms with E-state index in [4.69, 9.17) is 11.6 Å². The number of hydrogen-bond acceptors (Lipinski definition) is 2. The highest BCUT2D eigenvalue weighted by atomic mass is 35.5. The molecule has 0 unspecified atom stereocenters. The number of pyridine rings is 1. The smallest absolute Gasteiger partial charge is 0.257 e. The van der Waals surface area contributed by atoms with Gasteiger partial charge >= 0.3 is 0 Å². The molecule has 0 fully saturated rings. The minimum atomic E-state index is -0.301. The van der Waals surface area contributed by atoms with Gasteiger partial charge in [-0.3, -0.25) is 9.59 Å². The van der Waals surface area contributed by atoms with E-state index in [0.717, 1.165) is 0 Å². The molecule has 4 rings (SSSR count). The number of carbonyl (C=O) groups is 1. The third kappa shape index (κ3) is 2.83. The van der Waals surface area contributed by atoms with E-state index in [0.29, 0.717) is 38.2 Å². The summed E-state index contributed by atoms with van der Waals surface area (Å²) in [7, 11) is 0. The van der Waals surface area contributed by atoms with Crippen molar-refractivity contribution in [2.45, 2.75) is 0 Å². The third-order valence-corrected chi connectivity index (χ3v) is 4.54. The lowest BCUT2D eigenvalue weighted by Crippen LogP contribution is -2.16. The Labute approximate surface area is 154 Å². The molecular formula is C22H14ClNO2. The zero-order chi connectivity index (χ0) is 18.1. The minimum absolute atomic E-state index is 0.206. The van der Waals surface area contributed by atoms with Gasteiger partial charge < -0.3 is 4.98 Å². The summed E-state index contributed by atoms with van der Waals surface area (Å²) in [5.74, 6) is -0.206. The van der Waals surface area contributed by atoms with Gasteiger partial charge in [0.25, 0.3) is 5.56 Å². The van der Waals surface area contributed by atoms with Crippen molar-refractivity contribution in [2.24, 2.45) is 0 Å². The monoisotopic (exact) mass is 359 g/mol. The number of fused-ring (bicyclic) bond motifs is 1. The summed E-state index contributed by atoms with van der Waals surface area (Å²) in [4.78, 5) is 29.0. The standard InChI is InChI=1S/C22H14ClNO2/c23-16-11-12-18-17(13-16)20(21(25)15-9-5-2-6-10-15)19(22(26)24-18)14-7-3-1-4-8-14/h1-13H,(H,24,26). The van der Waals surface area contributed by atoms with Crippen molar-refractivity contribution >= 4 is 28.3 Å². The Morgan fingerprint density at radius 3 is 2.19 bits per heavy atom. The molecule has 26 heavy (non-hydrogen) atoms. The van der Waals surface area contributed by atoms with Gasteiger partial charge in [-0.05, 0) is 23.8 Å². The van der Waals surface area contributed by atoms with Crippen LogP contribution in [0.4, 0.5) is 0 Å². The van der Waals surface area contributed by atoms with E-state index in [2.05, 4.69) is 4.98 Å². The van der Waals surface area contributed by atoms with E-state index >= 15 is 0 Å². The average molecular weight is 360 g/mol. The lowest BCUT2D eigenvalue weighted by atomic mass is 9.92. The number of benzene rings is 3. The van der Waals surface area contributed by atoms with Crippen molar-refractivity contribution in [3.05, 3.63) is 105 Å². The van der Waals surface area contributed by atoms with E-state index in [-0.39, 0.29) is 11.3 Å². The third-order valence-electron chi connectivity index (χ3n) is 4.30. The number of hydrogen-bond donors (Lipinski definition) is 1. The van der Waals surface area contributed by atoms with Crippen LogP contribution in [0.15, 0.2) is 83.7 Å². The van der Waals surface area contributed by atoms with Gasteiger partial charge in [-0.2, -0.15) is 0 Å². The van der Waals surface area contributed by atoms with Crippen molar-refractivity contribution in [2.75, 3.05) is 0 Å². The van der Waals surface area contributed by atoms with E-state index in [9.17, 15) is 9.59 Å². The molecule has 1 aromatic heterocycles. The Balaban J connectivity index is 2.12. The molecular weight excluding hydrogens is 346 g/mol. The highest BCUT2D eigenvalue weighted by molar-refractivity contribution is 6.32. The normalized spacial score (nSPS) is 10.8. The topological polar surface area (TPSA) is 49.9 Å². The zero-order valence-corrected chi connectivity index (χ0v) is 14.5. The molecule has 4 heteroatoms. The molecule has 0 atom stereocenters. The summed E-state index contributed by atoms with van der Waals surface area (Å²) in [6, 6.07) is 23.3. The van der Waals surface area contributed by atoms with Crippen molar-refractivity contribution < 1.29 is 4.79 Å². The van der Waals surface area contributed by atoms with Gasteiger partial charge in [0.15, 0.2) is 5.78 Å². The highest BCUT2D eigenvalue weighted by Crippen LogP contribution is 2.30. The van der Waals surface area contributed by atoms with Crippen LogP contribution in [-0.2, 0) is 0 Å². The number of aromatic amines is 1. The first-order valence-electron chi connectivity index (χ1n) is 8.16. The van der Waals surface area contributed by atoms with Crippen LogP contribution in [0.25, 0.3) is 22.0 Å². The second kappa shape index (κ2) is 6.62. The molecule has 0 spiro atoms. The fourth-order valence-corrected chi connectivity index (χ4v) is 3.29. The van der Waals surface area contributed by atoms with Gasteiger partial charge in [0.05, 0.1) is 5.56 Å². The Morgan fingerprint density at radius 1 is 0.846 bits per heavy atom. The number of carbonyl (C=O) groups excluding carboxylic acids is 1. The van der Waals surface area contributed by atoms with Crippen molar-refractivity contribution in [1.29, 1.82) is 0 Å². The van der Waals surface area contributed by atoms with Crippen molar-refractivity contribution in [3.63, 3.8) is 0 Å². The number of rotatable bonds is 3. The maximum atomic E-state index is 13.3. The molecule has 0 aliphatic heterocycles. The molecule has 0 aliphatic carbocycles. The Hall–Kier alpha value is -3.17. The van der Waals surface area contributed by atoms with E-state index in [1.54, 1.807) is 42.5 Å². The molecule has 4 aromatic rings. The van der Waals surface area contributed by atoms with Gasteiger partial charge in [-0.15, -0.1) is 0 Å². The van der Waals surface area contributed by atoms with Crippen LogP contribution in [0.5, 0.6) is 0 Å². The number of ketones is 1.